The minimum absolute atomic E-state index is 0.189. The highest BCUT2D eigenvalue weighted by Crippen LogP contribution is 2.44. The van der Waals surface area contributed by atoms with Crippen LogP contribution >= 0.6 is 0 Å². The molecule has 2 aromatic carbocycles. The van der Waals surface area contributed by atoms with Gasteiger partial charge in [-0.2, -0.15) is 0 Å². The number of anilines is 1. The summed E-state index contributed by atoms with van der Waals surface area (Å²) in [6.45, 7) is 0.0458. The van der Waals surface area contributed by atoms with Gasteiger partial charge in [0.15, 0.2) is 5.60 Å². The highest BCUT2D eigenvalue weighted by atomic mass is 16.3. The number of furan rings is 1. The molecule has 27 heavy (non-hydrogen) atoms. The topological polar surface area (TPSA) is 82.8 Å². The number of amides is 2. The molecule has 6 heteroatoms. The monoisotopic (exact) mass is 362 g/mol. The van der Waals surface area contributed by atoms with Crippen molar-refractivity contribution in [2.45, 2.75) is 12.1 Å². The zero-order valence-corrected chi connectivity index (χ0v) is 14.5. The number of nitrogens with one attached hydrogen (secondary N) is 1. The first kappa shape index (κ1) is 17.1. The number of carbonyl (C=O) groups is 2. The van der Waals surface area contributed by atoms with E-state index in [0.29, 0.717) is 22.6 Å². The summed E-state index contributed by atoms with van der Waals surface area (Å²) in [5.74, 6) is -0.257. The Morgan fingerprint density at radius 2 is 1.78 bits per heavy atom. The lowest BCUT2D eigenvalue weighted by molar-refractivity contribution is -0.133. The van der Waals surface area contributed by atoms with Crippen molar-refractivity contribution in [2.75, 3.05) is 11.4 Å². The molecule has 2 amide bonds. The highest BCUT2D eigenvalue weighted by molar-refractivity contribution is 6.11. The van der Waals surface area contributed by atoms with Crippen LogP contribution in [0.3, 0.4) is 0 Å². The molecule has 6 nitrogen and oxygen atoms in total. The minimum atomic E-state index is -1.81. The fourth-order valence-corrected chi connectivity index (χ4v) is 3.35. The van der Waals surface area contributed by atoms with E-state index in [4.69, 9.17) is 4.42 Å². The predicted octanol–water partition coefficient (Wildman–Crippen LogP) is 2.18. The molecule has 0 saturated carbocycles. The fourth-order valence-electron chi connectivity index (χ4n) is 3.35. The zero-order valence-electron chi connectivity index (χ0n) is 14.5. The quantitative estimate of drug-likeness (QED) is 0.729. The van der Waals surface area contributed by atoms with Crippen LogP contribution in [-0.2, 0) is 21.7 Å². The zero-order chi connectivity index (χ0) is 18.9. The lowest BCUT2D eigenvalue weighted by atomic mass is 9.88. The van der Waals surface area contributed by atoms with Crippen LogP contribution in [-0.4, -0.2) is 23.5 Å². The first-order chi connectivity index (χ1) is 13.1. The van der Waals surface area contributed by atoms with Gasteiger partial charge in [0.25, 0.3) is 5.91 Å². The van der Waals surface area contributed by atoms with E-state index >= 15 is 0 Å². The highest BCUT2D eigenvalue weighted by Gasteiger charge is 2.51. The molecule has 2 N–H and O–H groups in total. The maximum Gasteiger partial charge on any atom is 0.268 e. The van der Waals surface area contributed by atoms with E-state index in [0.717, 1.165) is 0 Å². The molecule has 1 unspecified atom stereocenters. The summed E-state index contributed by atoms with van der Waals surface area (Å²) >= 11 is 0. The summed E-state index contributed by atoms with van der Waals surface area (Å²) in [6, 6.07) is 19.2. The molecule has 0 aliphatic carbocycles. The lowest BCUT2D eigenvalue weighted by Crippen LogP contribution is -2.45. The maximum atomic E-state index is 13.1. The molecule has 136 valence electrons. The number of carbonyl (C=O) groups excluding carboxylic acids is 2. The van der Waals surface area contributed by atoms with Gasteiger partial charge in [-0.25, -0.2) is 0 Å². The summed E-state index contributed by atoms with van der Waals surface area (Å²) in [7, 11) is 0. The van der Waals surface area contributed by atoms with Crippen molar-refractivity contribution in [1.82, 2.24) is 5.32 Å². The van der Waals surface area contributed by atoms with Crippen molar-refractivity contribution >= 4 is 17.5 Å². The number of fused-ring (bicyclic) bond motifs is 1. The van der Waals surface area contributed by atoms with Crippen molar-refractivity contribution in [1.29, 1.82) is 0 Å². The second kappa shape index (κ2) is 6.74. The lowest BCUT2D eigenvalue weighted by Gasteiger charge is -2.23. The molecule has 4 rings (SSSR count). The smallest absolute Gasteiger partial charge is 0.268 e. The third-order valence-corrected chi connectivity index (χ3v) is 4.67. The van der Waals surface area contributed by atoms with Crippen molar-refractivity contribution in [2.24, 2.45) is 0 Å². The largest absolute Gasteiger partial charge is 0.467 e. The predicted molar refractivity (Wildman–Crippen MR) is 98.8 cm³/mol. The van der Waals surface area contributed by atoms with Crippen LogP contribution in [0.25, 0.3) is 0 Å². The number of nitrogens with zero attached hydrogens (tertiary/aromatic N) is 1. The van der Waals surface area contributed by atoms with Crippen LogP contribution in [0, 0.1) is 0 Å². The average Bonchev–Trinajstić information content (AvgIpc) is 3.30. The number of hydrogen-bond donors (Lipinski definition) is 2. The van der Waals surface area contributed by atoms with Crippen LogP contribution in [0.5, 0.6) is 0 Å². The van der Waals surface area contributed by atoms with Gasteiger partial charge in [0.2, 0.25) is 5.91 Å². The maximum absolute atomic E-state index is 13.1. The molecule has 0 fully saturated rings. The third kappa shape index (κ3) is 2.90. The summed E-state index contributed by atoms with van der Waals surface area (Å²) in [5, 5.41) is 14.0. The Balaban J connectivity index is 1.61. The van der Waals surface area contributed by atoms with E-state index in [1.807, 2.05) is 6.07 Å². The Hall–Kier alpha value is -3.38. The molecule has 2 heterocycles. The first-order valence-electron chi connectivity index (χ1n) is 8.59. The molecule has 1 aliphatic rings. The Labute approximate surface area is 156 Å². The van der Waals surface area contributed by atoms with Crippen molar-refractivity contribution < 1.29 is 19.1 Å². The van der Waals surface area contributed by atoms with Crippen LogP contribution < -0.4 is 10.2 Å². The molecule has 0 bridgehead atoms. The summed E-state index contributed by atoms with van der Waals surface area (Å²) in [4.78, 5) is 26.8. The third-order valence-electron chi connectivity index (χ3n) is 4.67. The molecule has 1 aliphatic heterocycles. The van der Waals surface area contributed by atoms with Crippen LogP contribution in [0.15, 0.2) is 77.4 Å². The molecule has 0 saturated heterocycles. The van der Waals surface area contributed by atoms with Crippen molar-refractivity contribution in [3.63, 3.8) is 0 Å². The van der Waals surface area contributed by atoms with Crippen LogP contribution in [0.2, 0.25) is 0 Å². The summed E-state index contributed by atoms with van der Waals surface area (Å²) in [5.41, 5.74) is -0.331. The van der Waals surface area contributed by atoms with E-state index in [2.05, 4.69) is 5.32 Å². The Morgan fingerprint density at radius 3 is 2.52 bits per heavy atom. The standard InChI is InChI=1S/C21H18N2O4/c24-19(22-13-16-9-6-12-27-16)14-23-18-11-5-4-10-17(18)21(26,20(23)25)15-7-2-1-3-8-15/h1-12,26H,13-14H2,(H,22,24). The van der Waals surface area contributed by atoms with Gasteiger partial charge < -0.3 is 14.8 Å². The molecule has 1 aromatic heterocycles. The van der Waals surface area contributed by atoms with Gasteiger partial charge in [-0.1, -0.05) is 48.5 Å². The SMILES string of the molecule is O=C(CN1C(=O)C(O)(c2ccccc2)c2ccccc21)NCc1ccco1. The number of rotatable bonds is 5. The Bertz CT molecular complexity index is 969. The van der Waals surface area contributed by atoms with E-state index in [1.54, 1.807) is 60.7 Å². The number of aliphatic hydroxyl groups is 1. The van der Waals surface area contributed by atoms with E-state index < -0.39 is 11.5 Å². The summed E-state index contributed by atoms with van der Waals surface area (Å²) in [6.07, 6.45) is 1.53. The molecule has 0 spiro atoms. The van der Waals surface area contributed by atoms with Gasteiger partial charge in [0.1, 0.15) is 12.3 Å². The van der Waals surface area contributed by atoms with Crippen LogP contribution in [0.1, 0.15) is 16.9 Å². The van der Waals surface area contributed by atoms with Gasteiger partial charge in [0, 0.05) is 5.56 Å². The van der Waals surface area contributed by atoms with Crippen LogP contribution in [0.4, 0.5) is 5.69 Å². The van der Waals surface area contributed by atoms with Crippen molar-refractivity contribution in [3.8, 4) is 0 Å². The van der Waals surface area contributed by atoms with Gasteiger partial charge in [-0.3, -0.25) is 14.5 Å². The Morgan fingerprint density at radius 1 is 1.04 bits per heavy atom. The number of hydrogen-bond acceptors (Lipinski definition) is 4. The second-order valence-corrected chi connectivity index (χ2v) is 6.34. The van der Waals surface area contributed by atoms with Gasteiger partial charge >= 0.3 is 0 Å². The molecular formula is C21H18N2O4. The van der Waals surface area contributed by atoms with Crippen molar-refractivity contribution in [3.05, 3.63) is 89.9 Å². The first-order valence-corrected chi connectivity index (χ1v) is 8.59. The molecule has 1 atom stereocenters. The summed E-state index contributed by atoms with van der Waals surface area (Å²) < 4.78 is 5.19. The number of benzene rings is 2. The van der Waals surface area contributed by atoms with Gasteiger partial charge in [0.05, 0.1) is 18.5 Å². The molecular weight excluding hydrogens is 344 g/mol. The minimum Gasteiger partial charge on any atom is -0.467 e. The molecule has 3 aromatic rings. The Kier molecular flexibility index (Phi) is 4.25. The average molecular weight is 362 g/mol. The molecule has 0 radical (unpaired) electrons. The fraction of sp³-hybridized carbons (Fsp3) is 0.143. The van der Waals surface area contributed by atoms with E-state index in [9.17, 15) is 14.7 Å². The normalized spacial score (nSPS) is 18.4. The van der Waals surface area contributed by atoms with E-state index in [1.165, 1.54) is 11.2 Å². The number of para-hydroxylation sites is 1. The second-order valence-electron chi connectivity index (χ2n) is 6.34. The van der Waals surface area contributed by atoms with E-state index in [-0.39, 0.29) is 19.0 Å². The van der Waals surface area contributed by atoms with Gasteiger partial charge in [-0.05, 0) is 23.8 Å². The van der Waals surface area contributed by atoms with Gasteiger partial charge in [-0.15, -0.1) is 0 Å².